The highest BCUT2D eigenvalue weighted by molar-refractivity contribution is 7.13. The third-order valence-corrected chi connectivity index (χ3v) is 3.87. The monoisotopic (exact) mass is 333 g/mol. The van der Waals surface area contributed by atoms with E-state index in [2.05, 4.69) is 15.1 Å². The van der Waals surface area contributed by atoms with Gasteiger partial charge in [0, 0.05) is 10.9 Å². The first-order chi connectivity index (χ1) is 11.0. The van der Waals surface area contributed by atoms with Crippen LogP contribution in [0.2, 0.25) is 0 Å². The van der Waals surface area contributed by atoms with Gasteiger partial charge in [-0.3, -0.25) is 0 Å². The predicted octanol–water partition coefficient (Wildman–Crippen LogP) is 3.56. The lowest BCUT2D eigenvalue weighted by atomic mass is 10.2. The van der Waals surface area contributed by atoms with E-state index in [-0.39, 0.29) is 17.4 Å². The van der Waals surface area contributed by atoms with Crippen molar-refractivity contribution in [3.63, 3.8) is 0 Å². The molecule has 0 saturated carbocycles. The first kappa shape index (κ1) is 15.3. The minimum atomic E-state index is -0.667. The van der Waals surface area contributed by atoms with E-state index in [1.165, 1.54) is 23.5 Å². The van der Waals surface area contributed by atoms with E-state index in [0.29, 0.717) is 10.8 Å². The summed E-state index contributed by atoms with van der Waals surface area (Å²) < 4.78 is 23.1. The second-order valence-electron chi connectivity index (χ2n) is 4.77. The van der Waals surface area contributed by atoms with Crippen molar-refractivity contribution in [2.75, 3.05) is 0 Å². The fourth-order valence-corrected chi connectivity index (χ4v) is 2.64. The standard InChI is InChI=1S/C15H12FN3O3S/c1-8(13-17-9(2)19-22-13)21-15(20)12-7-23-14(18-12)10-3-5-11(16)6-4-10/h3-8H,1-2H3. The van der Waals surface area contributed by atoms with Gasteiger partial charge in [0.1, 0.15) is 10.8 Å². The van der Waals surface area contributed by atoms with Crippen LogP contribution in [0.5, 0.6) is 0 Å². The van der Waals surface area contributed by atoms with Crippen LogP contribution in [0.1, 0.15) is 35.2 Å². The topological polar surface area (TPSA) is 78.1 Å². The van der Waals surface area contributed by atoms with Crippen LogP contribution in [0.4, 0.5) is 4.39 Å². The molecule has 0 spiro atoms. The summed E-state index contributed by atoms with van der Waals surface area (Å²) in [6.07, 6.45) is -0.667. The Morgan fingerprint density at radius 1 is 1.30 bits per heavy atom. The summed E-state index contributed by atoms with van der Waals surface area (Å²) >= 11 is 1.28. The summed E-state index contributed by atoms with van der Waals surface area (Å²) in [6.45, 7) is 3.31. The number of rotatable bonds is 4. The fraction of sp³-hybridized carbons (Fsp3) is 0.200. The van der Waals surface area contributed by atoms with Crippen LogP contribution >= 0.6 is 11.3 Å². The van der Waals surface area contributed by atoms with Gasteiger partial charge in [0.2, 0.25) is 0 Å². The Hall–Kier alpha value is -2.61. The van der Waals surface area contributed by atoms with Gasteiger partial charge in [-0.1, -0.05) is 5.16 Å². The zero-order valence-corrected chi connectivity index (χ0v) is 13.1. The van der Waals surface area contributed by atoms with Gasteiger partial charge >= 0.3 is 5.97 Å². The lowest BCUT2D eigenvalue weighted by molar-refractivity contribution is 0.0259. The van der Waals surface area contributed by atoms with Crippen LogP contribution in [0.15, 0.2) is 34.2 Å². The van der Waals surface area contributed by atoms with Crippen LogP contribution < -0.4 is 0 Å². The lowest BCUT2D eigenvalue weighted by Gasteiger charge is -2.07. The number of benzene rings is 1. The minimum Gasteiger partial charge on any atom is -0.448 e. The maximum Gasteiger partial charge on any atom is 0.358 e. The molecule has 1 atom stereocenters. The van der Waals surface area contributed by atoms with E-state index in [1.807, 2.05) is 0 Å². The molecule has 0 aliphatic carbocycles. The molecule has 0 bridgehead atoms. The lowest BCUT2D eigenvalue weighted by Crippen LogP contribution is -2.10. The van der Waals surface area contributed by atoms with Crippen molar-refractivity contribution in [2.45, 2.75) is 20.0 Å². The van der Waals surface area contributed by atoms with Gasteiger partial charge in [-0.15, -0.1) is 11.3 Å². The Balaban J connectivity index is 1.72. The number of carbonyl (C=O) groups is 1. The Morgan fingerprint density at radius 2 is 2.04 bits per heavy atom. The quantitative estimate of drug-likeness (QED) is 0.679. The molecule has 2 aromatic heterocycles. The van der Waals surface area contributed by atoms with Gasteiger partial charge in [-0.05, 0) is 38.1 Å². The Bertz CT molecular complexity index is 829. The van der Waals surface area contributed by atoms with Crippen molar-refractivity contribution in [3.05, 3.63) is 52.9 Å². The molecule has 0 saturated heterocycles. The molecule has 1 aromatic carbocycles. The molecule has 3 aromatic rings. The van der Waals surface area contributed by atoms with Crippen molar-refractivity contribution >= 4 is 17.3 Å². The number of hydrogen-bond donors (Lipinski definition) is 0. The highest BCUT2D eigenvalue weighted by Gasteiger charge is 2.21. The van der Waals surface area contributed by atoms with Crippen LogP contribution in [0.3, 0.4) is 0 Å². The maximum absolute atomic E-state index is 12.9. The summed E-state index contributed by atoms with van der Waals surface area (Å²) in [5.41, 5.74) is 0.911. The number of hydrogen-bond acceptors (Lipinski definition) is 7. The Labute approximate surface area is 134 Å². The largest absolute Gasteiger partial charge is 0.448 e. The SMILES string of the molecule is Cc1noc(C(C)OC(=O)c2csc(-c3ccc(F)cc3)n2)n1. The highest BCUT2D eigenvalue weighted by Crippen LogP contribution is 2.25. The van der Waals surface area contributed by atoms with E-state index in [9.17, 15) is 9.18 Å². The summed E-state index contributed by atoms with van der Waals surface area (Å²) in [7, 11) is 0. The van der Waals surface area contributed by atoms with Gasteiger partial charge in [-0.2, -0.15) is 4.98 Å². The molecular weight excluding hydrogens is 321 g/mol. The van der Waals surface area contributed by atoms with E-state index >= 15 is 0 Å². The molecule has 0 fully saturated rings. The number of aryl methyl sites for hydroxylation is 1. The zero-order valence-electron chi connectivity index (χ0n) is 12.3. The maximum atomic E-state index is 12.9. The number of carbonyl (C=O) groups excluding carboxylic acids is 1. The summed E-state index contributed by atoms with van der Waals surface area (Å²) in [4.78, 5) is 20.3. The van der Waals surface area contributed by atoms with Gasteiger partial charge < -0.3 is 9.26 Å². The molecule has 0 radical (unpaired) electrons. The Morgan fingerprint density at radius 3 is 2.70 bits per heavy atom. The van der Waals surface area contributed by atoms with Crippen LogP contribution in [0.25, 0.3) is 10.6 Å². The molecule has 23 heavy (non-hydrogen) atoms. The molecule has 2 heterocycles. The summed E-state index contributed by atoms with van der Waals surface area (Å²) in [5.74, 6) is -0.216. The highest BCUT2D eigenvalue weighted by atomic mass is 32.1. The second kappa shape index (κ2) is 6.25. The van der Waals surface area contributed by atoms with Crippen molar-refractivity contribution < 1.29 is 18.4 Å². The van der Waals surface area contributed by atoms with E-state index in [1.54, 1.807) is 31.4 Å². The van der Waals surface area contributed by atoms with Gasteiger partial charge in [0.15, 0.2) is 17.6 Å². The molecule has 0 N–H and O–H groups in total. The third kappa shape index (κ3) is 3.42. The number of esters is 1. The zero-order chi connectivity index (χ0) is 16.4. The fourth-order valence-electron chi connectivity index (χ4n) is 1.84. The van der Waals surface area contributed by atoms with Crippen molar-refractivity contribution in [1.29, 1.82) is 0 Å². The number of ether oxygens (including phenoxy) is 1. The molecule has 1 unspecified atom stereocenters. The second-order valence-corrected chi connectivity index (χ2v) is 5.63. The molecule has 118 valence electrons. The smallest absolute Gasteiger partial charge is 0.358 e. The summed E-state index contributed by atoms with van der Waals surface area (Å²) in [6, 6.07) is 5.89. The minimum absolute atomic E-state index is 0.178. The van der Waals surface area contributed by atoms with Gasteiger partial charge in [-0.25, -0.2) is 14.2 Å². The van der Waals surface area contributed by atoms with E-state index < -0.39 is 12.1 Å². The normalized spacial score (nSPS) is 12.1. The van der Waals surface area contributed by atoms with Crippen molar-refractivity contribution in [3.8, 4) is 10.6 Å². The molecule has 3 rings (SSSR count). The molecule has 0 amide bonds. The predicted molar refractivity (Wildman–Crippen MR) is 80.4 cm³/mol. The third-order valence-electron chi connectivity index (χ3n) is 2.98. The van der Waals surface area contributed by atoms with E-state index in [0.717, 1.165) is 5.56 Å². The van der Waals surface area contributed by atoms with Crippen LogP contribution in [-0.2, 0) is 4.74 Å². The number of thiazole rings is 1. The average Bonchev–Trinajstić information content (AvgIpc) is 3.17. The van der Waals surface area contributed by atoms with E-state index in [4.69, 9.17) is 9.26 Å². The first-order valence-electron chi connectivity index (χ1n) is 6.75. The van der Waals surface area contributed by atoms with Crippen molar-refractivity contribution in [1.82, 2.24) is 15.1 Å². The Kier molecular flexibility index (Phi) is 4.16. The first-order valence-corrected chi connectivity index (χ1v) is 7.63. The molecule has 6 nitrogen and oxygen atoms in total. The summed E-state index contributed by atoms with van der Waals surface area (Å²) in [5, 5.41) is 5.85. The number of aromatic nitrogens is 3. The van der Waals surface area contributed by atoms with Crippen molar-refractivity contribution in [2.24, 2.45) is 0 Å². The molecule has 0 aliphatic rings. The molecule has 8 heteroatoms. The van der Waals surface area contributed by atoms with Crippen LogP contribution in [0, 0.1) is 12.7 Å². The van der Waals surface area contributed by atoms with Gasteiger partial charge in [0.25, 0.3) is 5.89 Å². The average molecular weight is 333 g/mol. The number of nitrogens with zero attached hydrogens (tertiary/aromatic N) is 3. The molecule has 0 aliphatic heterocycles. The van der Waals surface area contributed by atoms with Crippen LogP contribution in [-0.4, -0.2) is 21.1 Å². The number of halogens is 1. The molecular formula is C15H12FN3O3S. The van der Waals surface area contributed by atoms with Gasteiger partial charge in [0.05, 0.1) is 0 Å².